The molecule has 0 aromatic heterocycles. The second-order valence-corrected chi connectivity index (χ2v) is 5.10. The molecule has 2 aliphatic rings. The first-order valence-electron chi connectivity index (χ1n) is 6.70. The summed E-state index contributed by atoms with van der Waals surface area (Å²) < 4.78 is 0. The van der Waals surface area contributed by atoms with Crippen molar-refractivity contribution in [2.24, 2.45) is 23.3 Å². The topological polar surface area (TPSA) is 127 Å². The Labute approximate surface area is 142 Å². The third-order valence-corrected chi connectivity index (χ3v) is 3.60. The summed E-state index contributed by atoms with van der Waals surface area (Å²) in [6.07, 6.45) is 10.2. The van der Waals surface area contributed by atoms with Crippen LogP contribution in [-0.4, -0.2) is 34.2 Å². The van der Waals surface area contributed by atoms with Crippen LogP contribution >= 0.6 is 24.8 Å². The molecular weight excluding hydrogens is 331 g/mol. The van der Waals surface area contributed by atoms with Gasteiger partial charge in [-0.25, -0.2) is 0 Å². The lowest BCUT2D eigenvalue weighted by molar-refractivity contribution is -0.143. The highest BCUT2D eigenvalue weighted by molar-refractivity contribution is 5.85. The van der Waals surface area contributed by atoms with Gasteiger partial charge in [0.1, 0.15) is 0 Å². The number of halogens is 2. The number of carboxylic acid groups (broad SMARTS) is 2. The molecule has 0 aliphatic heterocycles. The van der Waals surface area contributed by atoms with Crippen LogP contribution in [0, 0.1) is 11.8 Å². The molecule has 0 heterocycles. The standard InChI is InChI=1S/2C7H11NO2.2ClH/c2*8-6-4-2-1-3-5(6)7(9)10;;/h2*1-2,5-6H,3-4,8H2,(H,9,10);2*1H/t2*5-,6+;;/m10../s1. The smallest absolute Gasteiger partial charge is 0.308 e. The first-order valence-corrected chi connectivity index (χ1v) is 6.70. The summed E-state index contributed by atoms with van der Waals surface area (Å²) in [4.78, 5) is 20.9. The van der Waals surface area contributed by atoms with Crippen LogP contribution in [0.25, 0.3) is 0 Å². The van der Waals surface area contributed by atoms with Crippen LogP contribution in [0.4, 0.5) is 0 Å². The normalized spacial score (nSPS) is 29.2. The average molecular weight is 355 g/mol. The third kappa shape index (κ3) is 7.26. The predicted molar refractivity (Wildman–Crippen MR) is 89.4 cm³/mol. The highest BCUT2D eigenvalue weighted by Crippen LogP contribution is 2.17. The molecule has 0 radical (unpaired) electrons. The fourth-order valence-corrected chi connectivity index (χ4v) is 2.24. The lowest BCUT2D eigenvalue weighted by Gasteiger charge is -2.20. The summed E-state index contributed by atoms with van der Waals surface area (Å²) in [5.74, 6) is -2.30. The van der Waals surface area contributed by atoms with Crippen molar-refractivity contribution in [1.29, 1.82) is 0 Å². The summed E-state index contributed by atoms with van der Waals surface area (Å²) in [5.41, 5.74) is 11.1. The molecule has 0 aromatic rings. The summed E-state index contributed by atoms with van der Waals surface area (Å²) in [5, 5.41) is 17.2. The van der Waals surface area contributed by atoms with E-state index in [1.165, 1.54) is 0 Å². The van der Waals surface area contributed by atoms with Crippen molar-refractivity contribution in [2.45, 2.75) is 37.8 Å². The lowest BCUT2D eigenvalue weighted by atomic mass is 9.90. The molecule has 0 saturated heterocycles. The van der Waals surface area contributed by atoms with E-state index in [1.807, 2.05) is 24.3 Å². The molecular formula is C14H24Cl2N2O4. The Bertz CT molecular complexity index is 378. The van der Waals surface area contributed by atoms with Crippen LogP contribution in [0.1, 0.15) is 25.7 Å². The average Bonchev–Trinajstić information content (AvgIpc) is 2.40. The van der Waals surface area contributed by atoms with Crippen LogP contribution in [0.5, 0.6) is 0 Å². The highest BCUT2D eigenvalue weighted by Gasteiger charge is 2.25. The fraction of sp³-hybridized carbons (Fsp3) is 0.571. The summed E-state index contributed by atoms with van der Waals surface area (Å²) in [6, 6.07) is -0.384. The van der Waals surface area contributed by atoms with Crippen molar-refractivity contribution in [3.63, 3.8) is 0 Å². The monoisotopic (exact) mass is 354 g/mol. The summed E-state index contributed by atoms with van der Waals surface area (Å²) in [6.45, 7) is 0. The van der Waals surface area contributed by atoms with E-state index in [2.05, 4.69) is 0 Å². The molecule has 0 aromatic carbocycles. The largest absolute Gasteiger partial charge is 0.481 e. The molecule has 0 bridgehead atoms. The van der Waals surface area contributed by atoms with Gasteiger partial charge in [0.25, 0.3) is 0 Å². The fourth-order valence-electron chi connectivity index (χ4n) is 2.24. The van der Waals surface area contributed by atoms with E-state index >= 15 is 0 Å². The molecule has 128 valence electrons. The van der Waals surface area contributed by atoms with Gasteiger partial charge in [-0.3, -0.25) is 9.59 Å². The van der Waals surface area contributed by atoms with Gasteiger partial charge in [0, 0.05) is 12.1 Å². The van der Waals surface area contributed by atoms with E-state index < -0.39 is 11.9 Å². The van der Waals surface area contributed by atoms with Crippen LogP contribution in [0.3, 0.4) is 0 Å². The molecule has 0 amide bonds. The van der Waals surface area contributed by atoms with Gasteiger partial charge in [-0.1, -0.05) is 24.3 Å². The zero-order valence-electron chi connectivity index (χ0n) is 12.1. The first kappa shape index (κ1) is 23.2. The minimum atomic E-state index is -0.781. The molecule has 6 nitrogen and oxygen atoms in total. The van der Waals surface area contributed by atoms with Crippen molar-refractivity contribution in [2.75, 3.05) is 0 Å². The van der Waals surface area contributed by atoms with Crippen molar-refractivity contribution >= 4 is 36.8 Å². The number of hydrogen-bond donors (Lipinski definition) is 4. The van der Waals surface area contributed by atoms with E-state index in [0.717, 1.165) is 0 Å². The van der Waals surface area contributed by atoms with Gasteiger partial charge in [-0.2, -0.15) is 0 Å². The maximum Gasteiger partial charge on any atom is 0.308 e. The maximum atomic E-state index is 10.5. The Balaban J connectivity index is 0. The number of nitrogens with two attached hydrogens (primary N) is 2. The van der Waals surface area contributed by atoms with Crippen LogP contribution in [0.15, 0.2) is 24.3 Å². The van der Waals surface area contributed by atoms with Crippen molar-refractivity contribution in [3.05, 3.63) is 24.3 Å². The first-order chi connectivity index (χ1) is 9.43. The van der Waals surface area contributed by atoms with Gasteiger partial charge in [-0.15, -0.1) is 24.8 Å². The van der Waals surface area contributed by atoms with Gasteiger partial charge in [-0.05, 0) is 25.7 Å². The minimum Gasteiger partial charge on any atom is -0.481 e. The second kappa shape index (κ2) is 11.5. The van der Waals surface area contributed by atoms with E-state index in [4.69, 9.17) is 21.7 Å². The molecule has 4 atom stereocenters. The maximum absolute atomic E-state index is 10.5. The summed E-state index contributed by atoms with van der Waals surface area (Å²) >= 11 is 0. The number of carboxylic acids is 2. The number of aliphatic carboxylic acids is 2. The number of hydrogen-bond acceptors (Lipinski definition) is 4. The number of carbonyl (C=O) groups is 2. The van der Waals surface area contributed by atoms with Crippen LogP contribution < -0.4 is 11.5 Å². The van der Waals surface area contributed by atoms with E-state index in [9.17, 15) is 9.59 Å². The van der Waals surface area contributed by atoms with Crippen LogP contribution in [-0.2, 0) is 9.59 Å². The van der Waals surface area contributed by atoms with E-state index in [0.29, 0.717) is 25.7 Å². The Morgan fingerprint density at radius 3 is 1.18 bits per heavy atom. The Morgan fingerprint density at radius 1 is 0.727 bits per heavy atom. The molecule has 2 aliphatic carbocycles. The summed E-state index contributed by atoms with van der Waals surface area (Å²) in [7, 11) is 0. The Kier molecular flexibility index (Phi) is 12.1. The molecule has 0 unspecified atom stereocenters. The Morgan fingerprint density at radius 2 is 1.00 bits per heavy atom. The van der Waals surface area contributed by atoms with Gasteiger partial charge < -0.3 is 21.7 Å². The molecule has 22 heavy (non-hydrogen) atoms. The molecule has 6 N–H and O–H groups in total. The van der Waals surface area contributed by atoms with Crippen molar-refractivity contribution < 1.29 is 19.8 Å². The lowest BCUT2D eigenvalue weighted by Crippen LogP contribution is -2.36. The number of rotatable bonds is 2. The third-order valence-electron chi connectivity index (χ3n) is 3.60. The number of allylic oxidation sites excluding steroid dienone is 2. The second-order valence-electron chi connectivity index (χ2n) is 5.10. The molecule has 2 rings (SSSR count). The predicted octanol–water partition coefficient (Wildman–Crippen LogP) is 1.57. The zero-order chi connectivity index (χ0) is 15.1. The zero-order valence-corrected chi connectivity index (χ0v) is 13.8. The SMILES string of the molecule is Cl.Cl.N[C@@H]1CC=CC[C@@H]1C(=O)O.N[C@H]1CC=CC[C@H]1C(=O)O. The van der Waals surface area contributed by atoms with Crippen molar-refractivity contribution in [1.82, 2.24) is 0 Å². The molecule has 0 spiro atoms. The molecule has 0 saturated carbocycles. The van der Waals surface area contributed by atoms with Gasteiger partial charge >= 0.3 is 11.9 Å². The van der Waals surface area contributed by atoms with Gasteiger partial charge in [0.15, 0.2) is 0 Å². The Hall–Kier alpha value is -1.08. The van der Waals surface area contributed by atoms with Gasteiger partial charge in [0.2, 0.25) is 0 Å². The minimum absolute atomic E-state index is 0. The highest BCUT2D eigenvalue weighted by atomic mass is 35.5. The van der Waals surface area contributed by atoms with E-state index in [1.54, 1.807) is 0 Å². The van der Waals surface area contributed by atoms with Crippen molar-refractivity contribution in [3.8, 4) is 0 Å². The molecule has 0 fully saturated rings. The quantitative estimate of drug-likeness (QED) is 0.557. The molecule has 8 heteroatoms. The van der Waals surface area contributed by atoms with E-state index in [-0.39, 0.29) is 48.7 Å². The van der Waals surface area contributed by atoms with Crippen LogP contribution in [0.2, 0.25) is 0 Å². The van der Waals surface area contributed by atoms with Gasteiger partial charge in [0.05, 0.1) is 11.8 Å².